The molecule has 21 heavy (non-hydrogen) atoms. The molecule has 1 aliphatic heterocycles. The molecule has 4 heteroatoms. The zero-order chi connectivity index (χ0) is 14.7. The minimum Gasteiger partial charge on any atom is -0.487 e. The van der Waals surface area contributed by atoms with E-state index in [1.807, 2.05) is 19.2 Å². The first kappa shape index (κ1) is 14.8. The summed E-state index contributed by atoms with van der Waals surface area (Å²) in [6.45, 7) is 3.89. The largest absolute Gasteiger partial charge is 0.487 e. The number of hydrogen-bond acceptors (Lipinski definition) is 3. The minimum atomic E-state index is -0.165. The normalized spacial score (nSPS) is 25.8. The second-order valence-corrected chi connectivity index (χ2v) is 6.35. The van der Waals surface area contributed by atoms with Crippen molar-refractivity contribution in [2.75, 3.05) is 26.7 Å². The standard InChI is InChI=1S/C17H25FN2O/c1-19-11-13-9-15(10-13)21-16-6-4-5-14(17(16)18)12-20-7-2-3-8-20/h4-6,13,15,19H,2-3,7-12H2,1H3/t13-,15-. The first-order valence-corrected chi connectivity index (χ1v) is 8.07. The molecule has 0 bridgehead atoms. The van der Waals surface area contributed by atoms with Crippen LogP contribution in [-0.4, -0.2) is 37.7 Å². The number of halogens is 1. The summed E-state index contributed by atoms with van der Waals surface area (Å²) in [5, 5.41) is 3.18. The lowest BCUT2D eigenvalue weighted by Gasteiger charge is -2.35. The maximum Gasteiger partial charge on any atom is 0.169 e. The lowest BCUT2D eigenvalue weighted by molar-refractivity contribution is 0.0619. The Morgan fingerprint density at radius 2 is 2.05 bits per heavy atom. The third-order valence-corrected chi connectivity index (χ3v) is 4.61. The van der Waals surface area contributed by atoms with Crippen molar-refractivity contribution in [3.8, 4) is 5.75 Å². The van der Waals surface area contributed by atoms with E-state index in [2.05, 4.69) is 10.2 Å². The number of hydrogen-bond donors (Lipinski definition) is 1. The molecule has 1 aromatic rings. The second kappa shape index (κ2) is 6.75. The summed E-state index contributed by atoms with van der Waals surface area (Å²) in [6.07, 6.45) is 4.69. The summed E-state index contributed by atoms with van der Waals surface area (Å²) in [5.41, 5.74) is 0.764. The molecule has 0 aromatic heterocycles. The van der Waals surface area contributed by atoms with E-state index in [1.165, 1.54) is 12.8 Å². The third-order valence-electron chi connectivity index (χ3n) is 4.61. The van der Waals surface area contributed by atoms with Gasteiger partial charge in [-0.2, -0.15) is 0 Å². The van der Waals surface area contributed by atoms with E-state index in [0.29, 0.717) is 18.2 Å². The Bertz CT molecular complexity index is 468. The van der Waals surface area contributed by atoms with Crippen LogP contribution in [0.1, 0.15) is 31.2 Å². The predicted molar refractivity (Wildman–Crippen MR) is 82.0 cm³/mol. The molecule has 2 aliphatic rings. The van der Waals surface area contributed by atoms with Crippen LogP contribution in [0.3, 0.4) is 0 Å². The van der Waals surface area contributed by atoms with E-state index < -0.39 is 0 Å². The van der Waals surface area contributed by atoms with Gasteiger partial charge in [-0.15, -0.1) is 0 Å². The van der Waals surface area contributed by atoms with E-state index in [9.17, 15) is 4.39 Å². The van der Waals surface area contributed by atoms with Crippen LogP contribution in [0, 0.1) is 11.7 Å². The molecule has 0 atom stereocenters. The Labute approximate surface area is 126 Å². The fraction of sp³-hybridized carbons (Fsp3) is 0.647. The summed E-state index contributed by atoms with van der Waals surface area (Å²) in [4.78, 5) is 2.31. The second-order valence-electron chi connectivity index (χ2n) is 6.35. The highest BCUT2D eigenvalue weighted by Gasteiger charge is 2.31. The highest BCUT2D eigenvalue weighted by atomic mass is 19.1. The lowest BCUT2D eigenvalue weighted by Crippen LogP contribution is -2.38. The van der Waals surface area contributed by atoms with Gasteiger partial charge >= 0.3 is 0 Å². The molecule has 2 fully saturated rings. The smallest absolute Gasteiger partial charge is 0.169 e. The number of likely N-dealkylation sites (tertiary alicyclic amines) is 1. The molecule has 0 amide bonds. The van der Waals surface area contributed by atoms with E-state index >= 15 is 0 Å². The van der Waals surface area contributed by atoms with E-state index in [1.54, 1.807) is 6.07 Å². The Kier molecular flexibility index (Phi) is 4.76. The molecule has 0 spiro atoms. The monoisotopic (exact) mass is 292 g/mol. The van der Waals surface area contributed by atoms with Gasteiger partial charge in [-0.1, -0.05) is 12.1 Å². The van der Waals surface area contributed by atoms with Gasteiger partial charge in [0.2, 0.25) is 0 Å². The fourth-order valence-corrected chi connectivity index (χ4v) is 3.36. The fourth-order valence-electron chi connectivity index (χ4n) is 3.36. The average molecular weight is 292 g/mol. The van der Waals surface area contributed by atoms with E-state index in [0.717, 1.165) is 38.0 Å². The highest BCUT2D eigenvalue weighted by molar-refractivity contribution is 5.31. The van der Waals surface area contributed by atoms with Crippen molar-refractivity contribution in [2.24, 2.45) is 5.92 Å². The van der Waals surface area contributed by atoms with Crippen molar-refractivity contribution in [2.45, 2.75) is 38.3 Å². The van der Waals surface area contributed by atoms with Crippen molar-refractivity contribution < 1.29 is 9.13 Å². The number of ether oxygens (including phenoxy) is 1. The molecule has 0 unspecified atom stereocenters. The summed E-state index contributed by atoms with van der Waals surface area (Å²) in [7, 11) is 1.97. The molecule has 0 radical (unpaired) electrons. The van der Waals surface area contributed by atoms with Gasteiger partial charge in [0.25, 0.3) is 0 Å². The summed E-state index contributed by atoms with van der Waals surface area (Å²) < 4.78 is 20.4. The molecule has 1 saturated heterocycles. The molecular weight excluding hydrogens is 267 g/mol. The Balaban J connectivity index is 1.58. The van der Waals surface area contributed by atoms with Crippen LogP contribution in [-0.2, 0) is 6.54 Å². The first-order valence-electron chi connectivity index (χ1n) is 8.07. The third kappa shape index (κ3) is 3.55. The quantitative estimate of drug-likeness (QED) is 0.872. The Hall–Kier alpha value is -1.13. The first-order chi connectivity index (χ1) is 10.3. The van der Waals surface area contributed by atoms with Gasteiger partial charge in [0.05, 0.1) is 6.10 Å². The van der Waals surface area contributed by atoms with Gasteiger partial charge in [-0.3, -0.25) is 4.90 Å². The van der Waals surface area contributed by atoms with Crippen LogP contribution in [0.2, 0.25) is 0 Å². The molecule has 1 N–H and O–H groups in total. The van der Waals surface area contributed by atoms with Crippen molar-refractivity contribution >= 4 is 0 Å². The molecular formula is C17H25FN2O. The summed E-state index contributed by atoms with van der Waals surface area (Å²) in [6, 6.07) is 5.55. The molecule has 1 saturated carbocycles. The van der Waals surface area contributed by atoms with Crippen LogP contribution < -0.4 is 10.1 Å². The van der Waals surface area contributed by atoms with E-state index in [-0.39, 0.29) is 11.9 Å². The van der Waals surface area contributed by atoms with E-state index in [4.69, 9.17) is 4.74 Å². The van der Waals surface area contributed by atoms with Gasteiger partial charge in [0.1, 0.15) is 0 Å². The van der Waals surface area contributed by atoms with Crippen LogP contribution in [0.5, 0.6) is 5.75 Å². The lowest BCUT2D eigenvalue weighted by atomic mass is 9.82. The molecule has 3 rings (SSSR count). The zero-order valence-electron chi connectivity index (χ0n) is 12.8. The van der Waals surface area contributed by atoms with Crippen LogP contribution in [0.15, 0.2) is 18.2 Å². The molecule has 1 aliphatic carbocycles. The minimum absolute atomic E-state index is 0.165. The van der Waals surface area contributed by atoms with Gasteiger partial charge in [0, 0.05) is 12.1 Å². The predicted octanol–water partition coefficient (Wildman–Crippen LogP) is 2.80. The molecule has 116 valence electrons. The topological polar surface area (TPSA) is 24.5 Å². The Morgan fingerprint density at radius 3 is 2.76 bits per heavy atom. The SMILES string of the molecule is CNC[C@H]1C[C@H](Oc2cccc(CN3CCCC3)c2F)C1. The molecule has 1 heterocycles. The van der Waals surface area contributed by atoms with Gasteiger partial charge in [0.15, 0.2) is 11.6 Å². The van der Waals surface area contributed by atoms with Gasteiger partial charge < -0.3 is 10.1 Å². The summed E-state index contributed by atoms with van der Waals surface area (Å²) in [5.74, 6) is 0.942. The van der Waals surface area contributed by atoms with Crippen molar-refractivity contribution in [1.29, 1.82) is 0 Å². The Morgan fingerprint density at radius 1 is 1.29 bits per heavy atom. The number of rotatable bonds is 6. The summed E-state index contributed by atoms with van der Waals surface area (Å²) >= 11 is 0. The van der Waals surface area contributed by atoms with Crippen molar-refractivity contribution in [3.05, 3.63) is 29.6 Å². The van der Waals surface area contributed by atoms with Crippen LogP contribution in [0.25, 0.3) is 0 Å². The zero-order valence-corrected chi connectivity index (χ0v) is 12.8. The molecule has 1 aromatic carbocycles. The maximum atomic E-state index is 14.5. The maximum absolute atomic E-state index is 14.5. The van der Waals surface area contributed by atoms with Crippen LogP contribution in [0.4, 0.5) is 4.39 Å². The van der Waals surface area contributed by atoms with Crippen LogP contribution >= 0.6 is 0 Å². The number of nitrogens with one attached hydrogen (secondary N) is 1. The van der Waals surface area contributed by atoms with Crippen molar-refractivity contribution in [3.63, 3.8) is 0 Å². The van der Waals surface area contributed by atoms with Crippen molar-refractivity contribution in [1.82, 2.24) is 10.2 Å². The highest BCUT2D eigenvalue weighted by Crippen LogP contribution is 2.32. The average Bonchev–Trinajstić information content (AvgIpc) is 2.93. The van der Waals surface area contributed by atoms with Gasteiger partial charge in [-0.05, 0) is 64.3 Å². The number of benzene rings is 1. The molecule has 3 nitrogen and oxygen atoms in total. The van der Waals surface area contributed by atoms with Gasteiger partial charge in [-0.25, -0.2) is 4.39 Å². The number of nitrogens with zero attached hydrogens (tertiary/aromatic N) is 1.